The molecule has 1 amide bonds. The van der Waals surface area contributed by atoms with E-state index in [0.717, 1.165) is 20.7 Å². The van der Waals surface area contributed by atoms with Crippen molar-refractivity contribution in [3.8, 4) is 10.4 Å². The minimum Gasteiger partial charge on any atom is -0.347 e. The second-order valence-electron chi connectivity index (χ2n) is 4.92. The van der Waals surface area contributed by atoms with Gasteiger partial charge in [0.1, 0.15) is 5.69 Å². The summed E-state index contributed by atoms with van der Waals surface area (Å²) in [5.74, 6) is -0.331. The van der Waals surface area contributed by atoms with Gasteiger partial charge in [0.15, 0.2) is 0 Å². The van der Waals surface area contributed by atoms with Gasteiger partial charge >= 0.3 is 0 Å². The molecule has 0 spiro atoms. The number of nitrogens with one attached hydrogen (secondary N) is 1. The molecule has 0 radical (unpaired) electrons. The van der Waals surface area contributed by atoms with Gasteiger partial charge in [-0.05, 0) is 29.1 Å². The highest BCUT2D eigenvalue weighted by molar-refractivity contribution is 7.13. The zero-order valence-corrected chi connectivity index (χ0v) is 13.2. The molecule has 3 rings (SSSR count). The normalized spacial score (nSPS) is 10.5. The van der Waals surface area contributed by atoms with E-state index in [1.165, 1.54) is 19.2 Å². The summed E-state index contributed by atoms with van der Waals surface area (Å²) < 4.78 is 1.13. The van der Waals surface area contributed by atoms with E-state index in [2.05, 4.69) is 15.4 Å². The van der Waals surface area contributed by atoms with Gasteiger partial charge < -0.3 is 5.32 Å². The van der Waals surface area contributed by atoms with Crippen LogP contribution in [0, 0.1) is 0 Å². The standard InChI is InChI=1S/C16H14N4O2S/c1-20-15(21)5-4-13(19-20)16(22)18-9-11-7-12(10-17-8-11)14-3-2-6-23-14/h2-8,10H,9H2,1H3,(H,18,22). The van der Waals surface area contributed by atoms with E-state index in [4.69, 9.17) is 0 Å². The second-order valence-corrected chi connectivity index (χ2v) is 5.87. The number of rotatable bonds is 4. The van der Waals surface area contributed by atoms with Gasteiger partial charge in [0.2, 0.25) is 0 Å². The molecule has 0 unspecified atom stereocenters. The highest BCUT2D eigenvalue weighted by atomic mass is 32.1. The maximum Gasteiger partial charge on any atom is 0.271 e. The molecule has 3 aromatic rings. The summed E-state index contributed by atoms with van der Waals surface area (Å²) in [7, 11) is 1.51. The fourth-order valence-electron chi connectivity index (χ4n) is 2.06. The molecule has 0 aliphatic carbocycles. The van der Waals surface area contributed by atoms with E-state index in [0.29, 0.717) is 6.54 Å². The lowest BCUT2D eigenvalue weighted by atomic mass is 10.2. The third-order valence-corrected chi connectivity index (χ3v) is 4.17. The van der Waals surface area contributed by atoms with E-state index in [1.807, 2.05) is 23.6 Å². The minimum atomic E-state index is -0.331. The highest BCUT2D eigenvalue weighted by Gasteiger charge is 2.09. The van der Waals surface area contributed by atoms with Crippen molar-refractivity contribution < 1.29 is 4.79 Å². The van der Waals surface area contributed by atoms with Crippen molar-refractivity contribution in [3.63, 3.8) is 0 Å². The molecule has 0 aromatic carbocycles. The van der Waals surface area contributed by atoms with Crippen LogP contribution in [0.1, 0.15) is 16.1 Å². The Kier molecular flexibility index (Phi) is 4.29. The molecular weight excluding hydrogens is 312 g/mol. The van der Waals surface area contributed by atoms with Gasteiger partial charge in [0.25, 0.3) is 11.5 Å². The first kappa shape index (κ1) is 15.1. The molecule has 6 nitrogen and oxygen atoms in total. The Morgan fingerprint density at radius 3 is 2.91 bits per heavy atom. The summed E-state index contributed by atoms with van der Waals surface area (Å²) in [5, 5.41) is 8.71. The van der Waals surface area contributed by atoms with E-state index < -0.39 is 0 Å². The Morgan fingerprint density at radius 2 is 2.17 bits per heavy atom. The average Bonchev–Trinajstić information content (AvgIpc) is 3.10. The molecule has 3 heterocycles. The van der Waals surface area contributed by atoms with Crippen LogP contribution >= 0.6 is 11.3 Å². The molecule has 23 heavy (non-hydrogen) atoms. The third kappa shape index (κ3) is 3.51. The van der Waals surface area contributed by atoms with Crippen molar-refractivity contribution in [1.82, 2.24) is 20.1 Å². The fourth-order valence-corrected chi connectivity index (χ4v) is 2.77. The largest absolute Gasteiger partial charge is 0.347 e. The van der Waals surface area contributed by atoms with E-state index in [-0.39, 0.29) is 17.2 Å². The number of aryl methyl sites for hydroxylation is 1. The Bertz CT molecular complexity index is 887. The SMILES string of the molecule is Cn1nc(C(=O)NCc2cncc(-c3cccs3)c2)ccc1=O. The number of amides is 1. The van der Waals surface area contributed by atoms with Crippen LogP contribution in [0.2, 0.25) is 0 Å². The van der Waals surface area contributed by atoms with Gasteiger partial charge in [-0.1, -0.05) is 6.07 Å². The topological polar surface area (TPSA) is 76.9 Å². The van der Waals surface area contributed by atoms with E-state index in [1.54, 1.807) is 23.7 Å². The number of thiophene rings is 1. The molecule has 0 aliphatic heterocycles. The zero-order valence-electron chi connectivity index (χ0n) is 12.4. The lowest BCUT2D eigenvalue weighted by molar-refractivity contribution is 0.0943. The average molecular weight is 326 g/mol. The van der Waals surface area contributed by atoms with E-state index in [9.17, 15) is 9.59 Å². The summed E-state index contributed by atoms with van der Waals surface area (Å²) in [6.07, 6.45) is 3.51. The number of carbonyl (C=O) groups excluding carboxylic acids is 1. The van der Waals surface area contributed by atoms with Crippen LogP contribution in [0.15, 0.2) is 52.9 Å². The van der Waals surface area contributed by atoms with Crippen molar-refractivity contribution in [2.45, 2.75) is 6.54 Å². The van der Waals surface area contributed by atoms with Crippen molar-refractivity contribution in [3.05, 3.63) is 69.7 Å². The highest BCUT2D eigenvalue weighted by Crippen LogP contribution is 2.24. The molecule has 0 bridgehead atoms. The fraction of sp³-hybridized carbons (Fsp3) is 0.125. The Hall–Kier alpha value is -2.80. The number of hydrogen-bond donors (Lipinski definition) is 1. The first-order valence-electron chi connectivity index (χ1n) is 6.94. The maximum atomic E-state index is 12.1. The van der Waals surface area contributed by atoms with Crippen LogP contribution in [-0.2, 0) is 13.6 Å². The smallest absolute Gasteiger partial charge is 0.271 e. The molecule has 0 aliphatic rings. The number of nitrogens with zero attached hydrogens (tertiary/aromatic N) is 3. The molecule has 0 fully saturated rings. The Balaban J connectivity index is 1.70. The maximum absolute atomic E-state index is 12.1. The molecule has 3 aromatic heterocycles. The lowest BCUT2D eigenvalue weighted by Crippen LogP contribution is -2.28. The van der Waals surface area contributed by atoms with Crippen LogP contribution in [-0.4, -0.2) is 20.7 Å². The first-order valence-corrected chi connectivity index (χ1v) is 7.82. The number of aromatic nitrogens is 3. The second kappa shape index (κ2) is 6.53. The molecule has 0 atom stereocenters. The quantitative estimate of drug-likeness (QED) is 0.793. The predicted octanol–water partition coefficient (Wildman–Crippen LogP) is 1.83. The predicted molar refractivity (Wildman–Crippen MR) is 88.2 cm³/mol. The first-order chi connectivity index (χ1) is 11.1. The molecule has 0 saturated carbocycles. The van der Waals surface area contributed by atoms with Gasteiger partial charge in [0, 0.05) is 42.5 Å². The van der Waals surface area contributed by atoms with Gasteiger partial charge in [0.05, 0.1) is 0 Å². The van der Waals surface area contributed by atoms with Crippen LogP contribution in [0.3, 0.4) is 0 Å². The van der Waals surface area contributed by atoms with Gasteiger partial charge in [-0.15, -0.1) is 11.3 Å². The zero-order chi connectivity index (χ0) is 16.2. The molecule has 0 saturated heterocycles. The van der Waals surface area contributed by atoms with Crippen molar-refractivity contribution in [2.75, 3.05) is 0 Å². The van der Waals surface area contributed by atoms with Crippen LogP contribution < -0.4 is 10.9 Å². The molecule has 116 valence electrons. The summed E-state index contributed by atoms with van der Waals surface area (Å²) >= 11 is 1.64. The monoisotopic (exact) mass is 326 g/mol. The summed E-state index contributed by atoms with van der Waals surface area (Å²) in [5.41, 5.74) is 1.87. The summed E-state index contributed by atoms with van der Waals surface area (Å²) in [6, 6.07) is 8.74. The van der Waals surface area contributed by atoms with Crippen LogP contribution in [0.5, 0.6) is 0 Å². The number of pyridine rings is 1. The molecule has 1 N–H and O–H groups in total. The summed E-state index contributed by atoms with van der Waals surface area (Å²) in [6.45, 7) is 0.343. The summed E-state index contributed by atoms with van der Waals surface area (Å²) in [4.78, 5) is 28.7. The minimum absolute atomic E-state index is 0.203. The van der Waals surface area contributed by atoms with Crippen molar-refractivity contribution >= 4 is 17.2 Å². The van der Waals surface area contributed by atoms with Gasteiger partial charge in [-0.25, -0.2) is 4.68 Å². The lowest BCUT2D eigenvalue weighted by Gasteiger charge is -2.06. The Morgan fingerprint density at radius 1 is 1.30 bits per heavy atom. The van der Waals surface area contributed by atoms with Crippen molar-refractivity contribution in [1.29, 1.82) is 0 Å². The molecule has 7 heteroatoms. The van der Waals surface area contributed by atoms with Crippen molar-refractivity contribution in [2.24, 2.45) is 7.05 Å². The third-order valence-electron chi connectivity index (χ3n) is 3.25. The van der Waals surface area contributed by atoms with Crippen LogP contribution in [0.4, 0.5) is 0 Å². The van der Waals surface area contributed by atoms with E-state index >= 15 is 0 Å². The molecular formula is C16H14N4O2S. The number of hydrogen-bond acceptors (Lipinski definition) is 5. The van der Waals surface area contributed by atoms with Gasteiger partial charge in [-0.2, -0.15) is 5.10 Å². The number of carbonyl (C=O) groups is 1. The van der Waals surface area contributed by atoms with Gasteiger partial charge in [-0.3, -0.25) is 14.6 Å². The Labute approximate surface area is 136 Å². The van der Waals surface area contributed by atoms with Crippen LogP contribution in [0.25, 0.3) is 10.4 Å².